The number of amides is 2. The predicted molar refractivity (Wildman–Crippen MR) is 124 cm³/mol. The first-order valence-electron chi connectivity index (χ1n) is 10.9. The third kappa shape index (κ3) is 6.93. The summed E-state index contributed by atoms with van der Waals surface area (Å²) in [6, 6.07) is 8.58. The van der Waals surface area contributed by atoms with Crippen LogP contribution in [0.1, 0.15) is 52.5 Å². The Labute approximate surface area is 195 Å². The summed E-state index contributed by atoms with van der Waals surface area (Å²) >= 11 is 0. The second-order valence-corrected chi connectivity index (χ2v) is 12.3. The van der Waals surface area contributed by atoms with Gasteiger partial charge in [-0.3, -0.25) is 9.59 Å². The highest BCUT2D eigenvalue weighted by atomic mass is 32.2. The van der Waals surface area contributed by atoms with Crippen molar-refractivity contribution in [2.75, 3.05) is 31.9 Å². The fourth-order valence-electron chi connectivity index (χ4n) is 3.61. The third-order valence-corrected chi connectivity index (χ3v) is 8.19. The first-order chi connectivity index (χ1) is 15.1. The molecule has 1 unspecified atom stereocenters. The van der Waals surface area contributed by atoms with E-state index in [-0.39, 0.29) is 32.6 Å². The van der Waals surface area contributed by atoms with Crippen LogP contribution < -0.4 is 0 Å². The number of sulfone groups is 1. The summed E-state index contributed by atoms with van der Waals surface area (Å²) in [6.45, 7) is 8.87. The maximum Gasteiger partial charge on any atom is 0.410 e. The van der Waals surface area contributed by atoms with E-state index in [0.717, 1.165) is 0 Å². The molecule has 2 rings (SSSR count). The largest absolute Gasteiger partial charge is 0.481 e. The van der Waals surface area contributed by atoms with Crippen molar-refractivity contribution in [3.63, 3.8) is 0 Å². The lowest BCUT2D eigenvalue weighted by Crippen LogP contribution is -2.57. The Hall–Kier alpha value is -2.62. The van der Waals surface area contributed by atoms with E-state index in [2.05, 4.69) is 0 Å². The van der Waals surface area contributed by atoms with Crippen molar-refractivity contribution in [2.24, 2.45) is 0 Å². The first-order valence-corrected chi connectivity index (χ1v) is 12.6. The number of ether oxygens (including phenoxy) is 1. The van der Waals surface area contributed by atoms with Crippen molar-refractivity contribution in [1.29, 1.82) is 0 Å². The number of carboxylic acids is 1. The highest BCUT2D eigenvalue weighted by Crippen LogP contribution is 2.29. The normalized spacial score (nSPS) is 16.3. The smallest absolute Gasteiger partial charge is 0.410 e. The molecule has 1 aliphatic heterocycles. The molecular formula is C23H34N2O7S. The predicted octanol–water partition coefficient (Wildman–Crippen LogP) is 2.52. The molecule has 0 aromatic heterocycles. The van der Waals surface area contributed by atoms with Crippen molar-refractivity contribution in [1.82, 2.24) is 9.80 Å². The van der Waals surface area contributed by atoms with Gasteiger partial charge in [0.2, 0.25) is 5.91 Å². The molecule has 184 valence electrons. The third-order valence-electron chi connectivity index (χ3n) is 5.62. The molecule has 1 aliphatic rings. The number of benzene rings is 1. The monoisotopic (exact) mass is 482 g/mol. The zero-order valence-electron chi connectivity index (χ0n) is 19.9. The summed E-state index contributed by atoms with van der Waals surface area (Å²) in [4.78, 5) is 39.7. The molecule has 0 saturated carbocycles. The van der Waals surface area contributed by atoms with Crippen molar-refractivity contribution in [3.8, 4) is 0 Å². The molecule has 9 nitrogen and oxygen atoms in total. The summed E-state index contributed by atoms with van der Waals surface area (Å²) < 4.78 is 30.2. The molecule has 1 aromatic rings. The molecule has 1 atom stereocenters. The molecule has 10 heteroatoms. The second-order valence-electron chi connectivity index (χ2n) is 9.76. The minimum absolute atomic E-state index is 0.189. The van der Waals surface area contributed by atoms with Gasteiger partial charge in [-0.2, -0.15) is 0 Å². The molecule has 1 N–H and O–H groups in total. The van der Waals surface area contributed by atoms with Crippen LogP contribution in [0.15, 0.2) is 30.3 Å². The summed E-state index contributed by atoms with van der Waals surface area (Å²) in [7, 11) is -4.02. The van der Waals surface area contributed by atoms with Crippen LogP contribution in [-0.2, 0) is 24.2 Å². The van der Waals surface area contributed by atoms with Crippen molar-refractivity contribution < 1.29 is 32.6 Å². The van der Waals surface area contributed by atoms with Crippen molar-refractivity contribution in [2.45, 2.75) is 57.3 Å². The number of aliphatic carboxylic acids is 1. The maximum atomic E-state index is 13.3. The molecule has 0 bridgehead atoms. The number of piperazine rings is 1. The average Bonchev–Trinajstić information content (AvgIpc) is 2.71. The zero-order valence-corrected chi connectivity index (χ0v) is 20.7. The molecule has 1 heterocycles. The fourth-order valence-corrected chi connectivity index (χ4v) is 5.27. The zero-order chi connectivity index (χ0) is 25.0. The number of hydrogen-bond acceptors (Lipinski definition) is 6. The first kappa shape index (κ1) is 26.6. The Kier molecular flexibility index (Phi) is 8.16. The average molecular weight is 483 g/mol. The van der Waals surface area contributed by atoms with Gasteiger partial charge in [-0.05, 0) is 40.2 Å². The molecule has 0 radical (unpaired) electrons. The Morgan fingerprint density at radius 2 is 1.48 bits per heavy atom. The minimum Gasteiger partial charge on any atom is -0.481 e. The van der Waals surface area contributed by atoms with Gasteiger partial charge in [-0.25, -0.2) is 13.2 Å². The van der Waals surface area contributed by atoms with E-state index in [1.807, 2.05) is 0 Å². The van der Waals surface area contributed by atoms with E-state index in [9.17, 15) is 27.9 Å². The topological polar surface area (TPSA) is 121 Å². The van der Waals surface area contributed by atoms with Crippen LogP contribution in [-0.4, -0.2) is 83.6 Å². The lowest BCUT2D eigenvalue weighted by atomic mass is 9.98. The Morgan fingerprint density at radius 1 is 0.970 bits per heavy atom. The Morgan fingerprint density at radius 3 is 1.97 bits per heavy atom. The molecule has 2 amide bonds. The van der Waals surface area contributed by atoms with Gasteiger partial charge in [-0.1, -0.05) is 30.3 Å². The summed E-state index contributed by atoms with van der Waals surface area (Å²) in [5, 5.41) is 9.29. The quantitative estimate of drug-likeness (QED) is 0.634. The van der Waals surface area contributed by atoms with E-state index < -0.39 is 49.8 Å². The van der Waals surface area contributed by atoms with E-state index in [1.54, 1.807) is 51.1 Å². The van der Waals surface area contributed by atoms with Gasteiger partial charge in [-0.15, -0.1) is 0 Å². The molecule has 1 saturated heterocycles. The van der Waals surface area contributed by atoms with E-state index in [0.29, 0.717) is 5.56 Å². The fraction of sp³-hybridized carbons (Fsp3) is 0.609. The number of carbonyl (C=O) groups excluding carboxylic acids is 2. The van der Waals surface area contributed by atoms with E-state index >= 15 is 0 Å². The number of rotatable bonds is 7. The number of carbonyl (C=O) groups is 3. The summed E-state index contributed by atoms with van der Waals surface area (Å²) in [5.41, 5.74) is -0.0385. The summed E-state index contributed by atoms with van der Waals surface area (Å²) in [5.74, 6) is -2.90. The highest BCUT2D eigenvalue weighted by Gasteiger charge is 2.46. The number of nitrogens with zero attached hydrogens (tertiary/aromatic N) is 2. The van der Waals surface area contributed by atoms with E-state index in [1.165, 1.54) is 23.6 Å². The second kappa shape index (κ2) is 10.1. The van der Waals surface area contributed by atoms with Crippen molar-refractivity contribution >= 4 is 27.8 Å². The van der Waals surface area contributed by atoms with Crippen LogP contribution in [0.5, 0.6) is 0 Å². The lowest BCUT2D eigenvalue weighted by molar-refractivity contribution is -0.137. The van der Waals surface area contributed by atoms with Gasteiger partial charge in [0.25, 0.3) is 0 Å². The molecule has 33 heavy (non-hydrogen) atoms. The molecule has 1 fully saturated rings. The van der Waals surface area contributed by atoms with Crippen LogP contribution in [0.4, 0.5) is 4.79 Å². The van der Waals surface area contributed by atoms with Crippen LogP contribution in [0.3, 0.4) is 0 Å². The van der Waals surface area contributed by atoms with Crippen LogP contribution >= 0.6 is 0 Å². The highest BCUT2D eigenvalue weighted by molar-refractivity contribution is 7.93. The van der Waals surface area contributed by atoms with Gasteiger partial charge in [0.15, 0.2) is 9.84 Å². The van der Waals surface area contributed by atoms with Gasteiger partial charge in [0, 0.05) is 32.1 Å². The van der Waals surface area contributed by atoms with Crippen LogP contribution in [0.25, 0.3) is 0 Å². The van der Waals surface area contributed by atoms with Gasteiger partial charge in [0.05, 0.1) is 12.2 Å². The standard InChI is InChI=1S/C23H34N2O7S/c1-22(2,3)32-21(29)25-13-11-24(12-14-25)20(28)23(4,5)33(30,31)16-18(15-19(26)27)17-9-7-6-8-10-17/h6-10,18H,11-16H2,1-5H3,(H,26,27). The van der Waals surface area contributed by atoms with Crippen LogP contribution in [0.2, 0.25) is 0 Å². The van der Waals surface area contributed by atoms with Crippen molar-refractivity contribution in [3.05, 3.63) is 35.9 Å². The van der Waals surface area contributed by atoms with Gasteiger partial charge < -0.3 is 19.6 Å². The van der Waals surface area contributed by atoms with Crippen LogP contribution in [0, 0.1) is 0 Å². The number of carboxylic acid groups (broad SMARTS) is 1. The molecule has 0 spiro atoms. The maximum absolute atomic E-state index is 13.3. The SMILES string of the molecule is CC(C)(C)OC(=O)N1CCN(C(=O)C(C)(C)S(=O)(=O)CC(CC(=O)O)c2ccccc2)CC1. The lowest BCUT2D eigenvalue weighted by Gasteiger charge is -2.38. The summed E-state index contributed by atoms with van der Waals surface area (Å²) in [6.07, 6.45) is -0.830. The van der Waals surface area contributed by atoms with Gasteiger partial charge in [0.1, 0.15) is 10.3 Å². The minimum atomic E-state index is -4.02. The number of hydrogen-bond donors (Lipinski definition) is 1. The van der Waals surface area contributed by atoms with E-state index in [4.69, 9.17) is 4.74 Å². The molecular weight excluding hydrogens is 448 g/mol. The molecule has 1 aromatic carbocycles. The Balaban J connectivity index is 2.11. The van der Waals surface area contributed by atoms with Gasteiger partial charge >= 0.3 is 12.1 Å². The molecule has 0 aliphatic carbocycles. The Bertz CT molecular complexity index is 960.